The zero-order chi connectivity index (χ0) is 22.5. The van der Waals surface area contributed by atoms with Gasteiger partial charge in [-0.1, -0.05) is 36.0 Å². The highest BCUT2D eigenvalue weighted by Crippen LogP contribution is 2.20. The lowest BCUT2D eigenvalue weighted by Crippen LogP contribution is -2.24. The Hall–Kier alpha value is -3.65. The molecule has 4 rings (SSSR count). The fourth-order valence-electron chi connectivity index (χ4n) is 3.17. The first-order chi connectivity index (χ1) is 15.5. The van der Waals surface area contributed by atoms with Crippen molar-refractivity contribution in [3.63, 3.8) is 0 Å². The van der Waals surface area contributed by atoms with E-state index in [9.17, 15) is 14.0 Å². The van der Waals surface area contributed by atoms with Crippen molar-refractivity contribution >= 4 is 34.3 Å². The lowest BCUT2D eigenvalue weighted by atomic mass is 10.2. The van der Waals surface area contributed by atoms with Crippen molar-refractivity contribution in [3.8, 4) is 5.75 Å². The van der Waals surface area contributed by atoms with Crippen LogP contribution < -0.4 is 15.6 Å². The van der Waals surface area contributed by atoms with E-state index in [1.807, 2.05) is 30.3 Å². The van der Waals surface area contributed by atoms with Gasteiger partial charge in [0.15, 0.2) is 5.16 Å². The third-order valence-corrected chi connectivity index (χ3v) is 5.76. The lowest BCUT2D eigenvalue weighted by Gasteiger charge is -2.13. The molecule has 1 N–H and O–H groups in total. The van der Waals surface area contributed by atoms with E-state index >= 15 is 0 Å². The fraction of sp³-hybridized carbons (Fsp3) is 0.125. The van der Waals surface area contributed by atoms with Gasteiger partial charge in [-0.05, 0) is 54.1 Å². The van der Waals surface area contributed by atoms with Crippen LogP contribution in [0.2, 0.25) is 0 Å². The molecule has 1 aromatic heterocycles. The Kier molecular flexibility index (Phi) is 6.51. The molecule has 4 aromatic rings. The molecule has 32 heavy (non-hydrogen) atoms. The van der Waals surface area contributed by atoms with Crippen molar-refractivity contribution < 1.29 is 13.9 Å². The molecular weight excluding hydrogens is 429 g/mol. The van der Waals surface area contributed by atoms with Gasteiger partial charge in [0, 0.05) is 5.69 Å². The fourth-order valence-corrected chi connectivity index (χ4v) is 3.97. The summed E-state index contributed by atoms with van der Waals surface area (Å²) in [5.74, 6) is 0.121. The first-order valence-electron chi connectivity index (χ1n) is 9.84. The van der Waals surface area contributed by atoms with Crippen LogP contribution in [0.3, 0.4) is 0 Å². The topological polar surface area (TPSA) is 73.2 Å². The molecule has 0 radical (unpaired) electrons. The number of anilines is 1. The summed E-state index contributed by atoms with van der Waals surface area (Å²) in [6, 6.07) is 20.1. The molecule has 0 fully saturated rings. The number of halogens is 1. The Balaban J connectivity index is 1.59. The standard InChI is InChI=1S/C24H20FN3O3S/c1-31-19-12-6-16(7-13-19)14-28-23(30)20-4-2-3-5-21(20)27-24(28)32-15-22(29)26-18-10-8-17(25)9-11-18/h2-13H,14-15H2,1H3,(H,26,29). The van der Waals surface area contributed by atoms with Gasteiger partial charge in [-0.2, -0.15) is 0 Å². The molecule has 0 saturated heterocycles. The summed E-state index contributed by atoms with van der Waals surface area (Å²) < 4.78 is 19.8. The van der Waals surface area contributed by atoms with E-state index in [0.29, 0.717) is 28.3 Å². The van der Waals surface area contributed by atoms with Crippen LogP contribution >= 0.6 is 11.8 Å². The molecule has 162 valence electrons. The Morgan fingerprint density at radius 1 is 1.06 bits per heavy atom. The van der Waals surface area contributed by atoms with Gasteiger partial charge in [0.05, 0.1) is 30.3 Å². The molecular formula is C24H20FN3O3S. The SMILES string of the molecule is COc1ccc(Cn2c(SCC(=O)Nc3ccc(F)cc3)nc3ccccc3c2=O)cc1. The van der Waals surface area contributed by atoms with Crippen LogP contribution in [0.5, 0.6) is 5.75 Å². The van der Waals surface area contributed by atoms with Gasteiger partial charge in [-0.3, -0.25) is 14.2 Å². The Bertz CT molecular complexity index is 1310. The van der Waals surface area contributed by atoms with E-state index in [-0.39, 0.29) is 23.0 Å². The molecule has 0 unspecified atom stereocenters. The zero-order valence-electron chi connectivity index (χ0n) is 17.2. The number of carbonyl (C=O) groups is 1. The number of methoxy groups -OCH3 is 1. The van der Waals surface area contributed by atoms with Gasteiger partial charge in [-0.15, -0.1) is 0 Å². The largest absolute Gasteiger partial charge is 0.497 e. The summed E-state index contributed by atoms with van der Waals surface area (Å²) in [7, 11) is 1.60. The van der Waals surface area contributed by atoms with Crippen molar-refractivity contribution in [3.05, 3.63) is 94.5 Å². The smallest absolute Gasteiger partial charge is 0.262 e. The monoisotopic (exact) mass is 449 g/mol. The predicted molar refractivity (Wildman–Crippen MR) is 124 cm³/mol. The molecule has 1 amide bonds. The number of nitrogens with zero attached hydrogens (tertiary/aromatic N) is 2. The zero-order valence-corrected chi connectivity index (χ0v) is 18.1. The molecule has 0 aliphatic heterocycles. The number of fused-ring (bicyclic) bond motifs is 1. The highest BCUT2D eigenvalue weighted by molar-refractivity contribution is 7.99. The molecule has 6 nitrogen and oxygen atoms in total. The Labute approximate surface area is 188 Å². The number of ether oxygens (including phenoxy) is 1. The van der Waals surface area contributed by atoms with E-state index in [1.54, 1.807) is 29.9 Å². The van der Waals surface area contributed by atoms with Crippen LogP contribution in [0, 0.1) is 5.82 Å². The average molecular weight is 450 g/mol. The minimum absolute atomic E-state index is 0.0464. The molecule has 0 atom stereocenters. The number of benzene rings is 3. The maximum absolute atomic E-state index is 13.2. The summed E-state index contributed by atoms with van der Waals surface area (Å²) in [5, 5.41) is 3.68. The van der Waals surface area contributed by atoms with E-state index < -0.39 is 0 Å². The highest BCUT2D eigenvalue weighted by atomic mass is 32.2. The number of thioether (sulfide) groups is 1. The van der Waals surface area contributed by atoms with E-state index in [2.05, 4.69) is 10.3 Å². The second kappa shape index (κ2) is 9.65. The quantitative estimate of drug-likeness (QED) is 0.336. The van der Waals surface area contributed by atoms with Gasteiger partial charge in [0.25, 0.3) is 5.56 Å². The minimum Gasteiger partial charge on any atom is -0.497 e. The van der Waals surface area contributed by atoms with E-state index in [4.69, 9.17) is 4.74 Å². The Morgan fingerprint density at radius 2 is 1.78 bits per heavy atom. The number of rotatable bonds is 7. The van der Waals surface area contributed by atoms with Crippen molar-refractivity contribution in [1.82, 2.24) is 9.55 Å². The van der Waals surface area contributed by atoms with E-state index in [1.165, 1.54) is 36.0 Å². The molecule has 0 saturated carbocycles. The van der Waals surface area contributed by atoms with Crippen molar-refractivity contribution in [2.75, 3.05) is 18.2 Å². The minimum atomic E-state index is -0.375. The van der Waals surface area contributed by atoms with Gasteiger partial charge >= 0.3 is 0 Å². The average Bonchev–Trinajstić information content (AvgIpc) is 2.82. The third-order valence-electron chi connectivity index (χ3n) is 4.79. The highest BCUT2D eigenvalue weighted by Gasteiger charge is 2.14. The lowest BCUT2D eigenvalue weighted by molar-refractivity contribution is -0.113. The van der Waals surface area contributed by atoms with Crippen molar-refractivity contribution in [1.29, 1.82) is 0 Å². The molecule has 0 aliphatic rings. The van der Waals surface area contributed by atoms with Crippen LogP contribution in [0.1, 0.15) is 5.56 Å². The third kappa shape index (κ3) is 4.97. The second-order valence-electron chi connectivity index (χ2n) is 6.99. The molecule has 0 aliphatic carbocycles. The number of para-hydroxylation sites is 1. The van der Waals surface area contributed by atoms with Crippen LogP contribution in [0.15, 0.2) is 82.7 Å². The first-order valence-corrected chi connectivity index (χ1v) is 10.8. The summed E-state index contributed by atoms with van der Waals surface area (Å²) in [5.41, 5.74) is 1.81. The maximum Gasteiger partial charge on any atom is 0.262 e. The maximum atomic E-state index is 13.2. The number of amides is 1. The predicted octanol–water partition coefficient (Wildman–Crippen LogP) is 4.32. The summed E-state index contributed by atoms with van der Waals surface area (Å²) in [4.78, 5) is 30.2. The van der Waals surface area contributed by atoms with Gasteiger partial charge in [0.2, 0.25) is 5.91 Å². The summed E-state index contributed by atoms with van der Waals surface area (Å²) >= 11 is 1.17. The van der Waals surface area contributed by atoms with Crippen molar-refractivity contribution in [2.45, 2.75) is 11.7 Å². The number of carbonyl (C=O) groups excluding carboxylic acids is 1. The van der Waals surface area contributed by atoms with Gasteiger partial charge in [0.1, 0.15) is 11.6 Å². The number of aromatic nitrogens is 2. The normalized spacial score (nSPS) is 10.8. The summed E-state index contributed by atoms with van der Waals surface area (Å²) in [6.07, 6.45) is 0. The van der Waals surface area contributed by atoms with Gasteiger partial charge in [-0.25, -0.2) is 9.37 Å². The van der Waals surface area contributed by atoms with Crippen molar-refractivity contribution in [2.24, 2.45) is 0 Å². The molecule has 3 aromatic carbocycles. The summed E-state index contributed by atoms with van der Waals surface area (Å²) in [6.45, 7) is 0.308. The molecule has 0 spiro atoms. The second-order valence-corrected chi connectivity index (χ2v) is 7.94. The number of hydrogen-bond acceptors (Lipinski definition) is 5. The molecule has 1 heterocycles. The van der Waals surface area contributed by atoms with Gasteiger partial charge < -0.3 is 10.1 Å². The Morgan fingerprint density at radius 3 is 2.50 bits per heavy atom. The van der Waals surface area contributed by atoms with Crippen LogP contribution in [0.4, 0.5) is 10.1 Å². The molecule has 8 heteroatoms. The number of nitrogens with one attached hydrogen (secondary N) is 1. The van der Waals surface area contributed by atoms with E-state index in [0.717, 1.165) is 11.3 Å². The van der Waals surface area contributed by atoms with Crippen LogP contribution in [0.25, 0.3) is 10.9 Å². The van der Waals surface area contributed by atoms with Crippen LogP contribution in [-0.4, -0.2) is 28.3 Å². The van der Waals surface area contributed by atoms with Crippen LogP contribution in [-0.2, 0) is 11.3 Å². The number of hydrogen-bond donors (Lipinski definition) is 1. The molecule has 0 bridgehead atoms. The first kappa shape index (κ1) is 21.6.